The van der Waals surface area contributed by atoms with Crippen LogP contribution in [0.5, 0.6) is 0 Å². The van der Waals surface area contributed by atoms with Crippen molar-refractivity contribution in [3.63, 3.8) is 0 Å². The van der Waals surface area contributed by atoms with Crippen LogP contribution in [-0.2, 0) is 0 Å². The minimum absolute atomic E-state index is 0.380. The van der Waals surface area contributed by atoms with Crippen LogP contribution in [0.25, 0.3) is 11.1 Å². The van der Waals surface area contributed by atoms with Crippen molar-refractivity contribution in [2.24, 2.45) is 0 Å². The van der Waals surface area contributed by atoms with E-state index >= 15 is 0 Å². The van der Waals surface area contributed by atoms with Gasteiger partial charge in [-0.15, -0.1) is 0 Å². The highest BCUT2D eigenvalue weighted by Gasteiger charge is 2.08. The molecule has 0 bridgehead atoms. The summed E-state index contributed by atoms with van der Waals surface area (Å²) in [6.07, 6.45) is 1.39. The smallest absolute Gasteiger partial charge is 0.212 e. The maximum Gasteiger partial charge on any atom is 0.212 e. The number of hydrogen-bond acceptors (Lipinski definition) is 1. The molecule has 0 aliphatic carbocycles. The average molecular weight is 277 g/mol. The van der Waals surface area contributed by atoms with Crippen molar-refractivity contribution in [1.82, 2.24) is 4.98 Å². The highest BCUT2D eigenvalue weighted by Crippen LogP contribution is 2.34. The van der Waals surface area contributed by atoms with Gasteiger partial charge in [0, 0.05) is 17.3 Å². The van der Waals surface area contributed by atoms with Gasteiger partial charge in [-0.3, -0.25) is 0 Å². The predicted octanol–water partition coefficient (Wildman–Crippen LogP) is 4.85. The third kappa shape index (κ3) is 2.29. The van der Waals surface area contributed by atoms with Gasteiger partial charge in [-0.1, -0.05) is 34.8 Å². The molecule has 0 unspecified atom stereocenters. The molecular weight excluding hydrogens is 271 g/mol. The Balaban J connectivity index is 2.56. The Morgan fingerprint density at radius 2 is 1.62 bits per heavy atom. The van der Waals surface area contributed by atoms with E-state index in [2.05, 4.69) is 4.98 Å². The molecule has 1 aromatic carbocycles. The van der Waals surface area contributed by atoms with Gasteiger partial charge in [0.25, 0.3) is 0 Å². The number of rotatable bonds is 1. The van der Waals surface area contributed by atoms with Crippen LogP contribution in [0.4, 0.5) is 4.39 Å². The Kier molecular flexibility index (Phi) is 3.33. The van der Waals surface area contributed by atoms with E-state index < -0.39 is 5.95 Å². The first-order valence-electron chi connectivity index (χ1n) is 4.34. The van der Waals surface area contributed by atoms with Crippen LogP contribution >= 0.6 is 34.8 Å². The fourth-order valence-electron chi connectivity index (χ4n) is 1.28. The second-order valence-corrected chi connectivity index (χ2v) is 4.34. The van der Waals surface area contributed by atoms with E-state index in [1.807, 2.05) is 0 Å². The summed E-state index contributed by atoms with van der Waals surface area (Å²) in [7, 11) is 0. The van der Waals surface area contributed by atoms with E-state index in [1.54, 1.807) is 18.2 Å². The first-order chi connectivity index (χ1) is 7.58. The lowest BCUT2D eigenvalue weighted by molar-refractivity contribution is 0.584. The molecule has 16 heavy (non-hydrogen) atoms. The van der Waals surface area contributed by atoms with E-state index in [-0.39, 0.29) is 0 Å². The molecule has 1 heterocycles. The molecular formula is C11H5Cl3FN. The van der Waals surface area contributed by atoms with Gasteiger partial charge in [-0.25, -0.2) is 4.98 Å². The minimum atomic E-state index is -0.542. The van der Waals surface area contributed by atoms with Crippen LogP contribution in [0.15, 0.2) is 30.5 Å². The van der Waals surface area contributed by atoms with Gasteiger partial charge < -0.3 is 0 Å². The quantitative estimate of drug-likeness (QED) is 0.536. The van der Waals surface area contributed by atoms with E-state index in [0.717, 1.165) is 0 Å². The maximum absolute atomic E-state index is 12.7. The first kappa shape index (κ1) is 11.6. The molecule has 0 spiro atoms. The summed E-state index contributed by atoms with van der Waals surface area (Å²) in [4.78, 5) is 3.55. The summed E-state index contributed by atoms with van der Waals surface area (Å²) in [6.45, 7) is 0. The van der Waals surface area contributed by atoms with Crippen LogP contribution in [-0.4, -0.2) is 4.98 Å². The number of halogens is 4. The fraction of sp³-hybridized carbons (Fsp3) is 0. The lowest BCUT2D eigenvalue weighted by Gasteiger charge is -2.06. The lowest BCUT2D eigenvalue weighted by atomic mass is 10.1. The van der Waals surface area contributed by atoms with Gasteiger partial charge >= 0.3 is 0 Å². The molecule has 0 aliphatic rings. The predicted molar refractivity (Wildman–Crippen MR) is 64.7 cm³/mol. The van der Waals surface area contributed by atoms with E-state index in [1.165, 1.54) is 12.3 Å². The molecule has 1 aromatic heterocycles. The Morgan fingerprint density at radius 1 is 0.938 bits per heavy atom. The zero-order valence-corrected chi connectivity index (χ0v) is 10.1. The molecule has 0 saturated heterocycles. The number of benzene rings is 1. The van der Waals surface area contributed by atoms with E-state index in [4.69, 9.17) is 34.8 Å². The molecule has 82 valence electrons. The Labute approximate surface area is 107 Å². The van der Waals surface area contributed by atoms with Gasteiger partial charge in [0.2, 0.25) is 5.95 Å². The van der Waals surface area contributed by atoms with Gasteiger partial charge in [-0.05, 0) is 24.3 Å². The summed E-state index contributed by atoms with van der Waals surface area (Å²) in [6, 6.07) is 6.01. The lowest BCUT2D eigenvalue weighted by Crippen LogP contribution is -1.85. The van der Waals surface area contributed by atoms with Gasteiger partial charge in [-0.2, -0.15) is 4.39 Å². The van der Waals surface area contributed by atoms with Crippen molar-refractivity contribution in [2.45, 2.75) is 0 Å². The van der Waals surface area contributed by atoms with Crippen molar-refractivity contribution in [3.05, 3.63) is 51.5 Å². The average Bonchev–Trinajstić information content (AvgIpc) is 2.25. The summed E-state index contributed by atoms with van der Waals surface area (Å²) in [5.74, 6) is -0.542. The molecule has 0 N–H and O–H groups in total. The van der Waals surface area contributed by atoms with E-state index in [9.17, 15) is 4.39 Å². The van der Waals surface area contributed by atoms with Crippen LogP contribution in [0.2, 0.25) is 15.1 Å². The molecule has 0 amide bonds. The molecule has 2 aromatic rings. The van der Waals surface area contributed by atoms with Crippen LogP contribution in [0.3, 0.4) is 0 Å². The summed E-state index contributed by atoms with van der Waals surface area (Å²) in [5.41, 5.74) is 1.36. The van der Waals surface area contributed by atoms with Crippen molar-refractivity contribution < 1.29 is 4.39 Å². The molecule has 0 radical (unpaired) electrons. The first-order valence-corrected chi connectivity index (χ1v) is 5.48. The number of aromatic nitrogens is 1. The maximum atomic E-state index is 12.7. The molecule has 0 atom stereocenters. The standard InChI is InChI=1S/C11H5Cl3FN/c12-8-4-10(14)9(13)3-7(8)6-1-2-11(15)16-5-6/h1-5H. The second kappa shape index (κ2) is 4.58. The highest BCUT2D eigenvalue weighted by molar-refractivity contribution is 6.44. The van der Waals surface area contributed by atoms with Gasteiger partial charge in [0.1, 0.15) is 0 Å². The largest absolute Gasteiger partial charge is 0.228 e. The number of hydrogen-bond donors (Lipinski definition) is 0. The van der Waals surface area contributed by atoms with E-state index in [0.29, 0.717) is 26.2 Å². The van der Waals surface area contributed by atoms with Crippen LogP contribution < -0.4 is 0 Å². The topological polar surface area (TPSA) is 12.9 Å². The molecule has 0 aliphatic heterocycles. The Bertz CT molecular complexity index is 525. The summed E-state index contributed by atoms with van der Waals surface area (Å²) < 4.78 is 12.7. The monoisotopic (exact) mass is 275 g/mol. The Morgan fingerprint density at radius 3 is 2.25 bits per heavy atom. The van der Waals surface area contributed by atoms with Crippen molar-refractivity contribution in [1.29, 1.82) is 0 Å². The molecule has 0 fully saturated rings. The SMILES string of the molecule is Fc1ccc(-c2cc(Cl)c(Cl)cc2Cl)cn1. The number of nitrogens with zero attached hydrogens (tertiary/aromatic N) is 1. The van der Waals surface area contributed by atoms with Crippen LogP contribution in [0.1, 0.15) is 0 Å². The summed E-state index contributed by atoms with van der Waals surface area (Å²) >= 11 is 17.7. The number of pyridine rings is 1. The van der Waals surface area contributed by atoms with Crippen molar-refractivity contribution >= 4 is 34.8 Å². The molecule has 1 nitrogen and oxygen atoms in total. The van der Waals surface area contributed by atoms with Crippen molar-refractivity contribution in [2.75, 3.05) is 0 Å². The normalized spacial score (nSPS) is 10.5. The highest BCUT2D eigenvalue weighted by atomic mass is 35.5. The third-order valence-corrected chi connectivity index (χ3v) is 3.08. The second-order valence-electron chi connectivity index (χ2n) is 3.12. The zero-order valence-electron chi connectivity index (χ0n) is 7.85. The molecule has 0 saturated carbocycles. The fourth-order valence-corrected chi connectivity index (χ4v) is 1.93. The van der Waals surface area contributed by atoms with Gasteiger partial charge in [0.05, 0.1) is 15.1 Å². The Hall–Kier alpha value is -0.830. The minimum Gasteiger partial charge on any atom is -0.228 e. The molecule has 5 heteroatoms. The van der Waals surface area contributed by atoms with Crippen LogP contribution in [0, 0.1) is 5.95 Å². The zero-order chi connectivity index (χ0) is 11.7. The third-order valence-electron chi connectivity index (χ3n) is 2.05. The molecule has 2 rings (SSSR count). The van der Waals surface area contributed by atoms with Gasteiger partial charge in [0.15, 0.2) is 0 Å². The van der Waals surface area contributed by atoms with Crippen molar-refractivity contribution in [3.8, 4) is 11.1 Å². The summed E-state index contributed by atoms with van der Waals surface area (Å²) in [5, 5.41) is 1.22.